The maximum absolute atomic E-state index is 13.8. The summed E-state index contributed by atoms with van der Waals surface area (Å²) in [5.41, 5.74) is 3.87. The van der Waals surface area contributed by atoms with E-state index in [2.05, 4.69) is 0 Å². The number of carboxylic acids is 1. The molecule has 2 aromatic rings. The quantitative estimate of drug-likeness (QED) is 0.735. The highest BCUT2D eigenvalue weighted by Gasteiger charge is 2.27. The predicted molar refractivity (Wildman–Crippen MR) is 97.3 cm³/mol. The molecule has 25 heavy (non-hydrogen) atoms. The molecule has 2 aromatic carbocycles. The lowest BCUT2D eigenvalue weighted by atomic mass is 10.0. The van der Waals surface area contributed by atoms with Gasteiger partial charge in [0.15, 0.2) is 11.6 Å². The molecule has 0 unspecified atom stereocenters. The molecule has 0 saturated carbocycles. The third kappa shape index (κ3) is 3.37. The highest BCUT2D eigenvalue weighted by molar-refractivity contribution is 7.98. The van der Waals surface area contributed by atoms with Crippen molar-refractivity contribution in [1.29, 1.82) is 0 Å². The van der Waals surface area contributed by atoms with Gasteiger partial charge in [-0.2, -0.15) is 0 Å². The minimum absolute atomic E-state index is 0.230. The first kappa shape index (κ1) is 17.4. The molecule has 0 aromatic heterocycles. The minimum atomic E-state index is -1.00. The van der Waals surface area contributed by atoms with Crippen LogP contribution in [0.15, 0.2) is 46.9 Å². The highest BCUT2D eigenvalue weighted by Crippen LogP contribution is 2.44. The molecule has 0 saturated heterocycles. The van der Waals surface area contributed by atoms with Gasteiger partial charge in [0, 0.05) is 4.90 Å². The summed E-state index contributed by atoms with van der Waals surface area (Å²) in [5.74, 6) is -2.91. The van der Waals surface area contributed by atoms with Crippen LogP contribution in [-0.2, 0) is 4.79 Å². The Morgan fingerprint density at radius 3 is 2.28 bits per heavy atom. The van der Waals surface area contributed by atoms with Gasteiger partial charge in [0.05, 0.1) is 6.42 Å². The Hall–Kier alpha value is -2.40. The van der Waals surface area contributed by atoms with Crippen molar-refractivity contribution in [3.8, 4) is 0 Å². The fourth-order valence-electron chi connectivity index (χ4n) is 3.02. The van der Waals surface area contributed by atoms with E-state index in [-0.39, 0.29) is 6.42 Å². The van der Waals surface area contributed by atoms with Crippen LogP contribution in [0.5, 0.6) is 0 Å². The molecule has 0 aliphatic heterocycles. The summed E-state index contributed by atoms with van der Waals surface area (Å²) >= 11 is 1.63. The molecule has 0 fully saturated rings. The topological polar surface area (TPSA) is 37.3 Å². The number of halogens is 2. The maximum Gasteiger partial charge on any atom is 0.307 e. The third-order valence-electron chi connectivity index (χ3n) is 4.29. The predicted octanol–water partition coefficient (Wildman–Crippen LogP) is 5.49. The normalized spacial score (nSPS) is 15.0. The number of carboxylic acid groups (broad SMARTS) is 1. The summed E-state index contributed by atoms with van der Waals surface area (Å²) < 4.78 is 27.4. The largest absolute Gasteiger partial charge is 0.481 e. The van der Waals surface area contributed by atoms with Gasteiger partial charge in [0.2, 0.25) is 0 Å². The van der Waals surface area contributed by atoms with Gasteiger partial charge in [-0.25, -0.2) is 8.78 Å². The number of fused-ring (bicyclic) bond motifs is 1. The molecule has 1 aliphatic carbocycles. The molecule has 3 rings (SSSR count). The van der Waals surface area contributed by atoms with E-state index >= 15 is 0 Å². The fraction of sp³-hybridized carbons (Fsp3) is 0.150. The zero-order chi connectivity index (χ0) is 18.1. The second-order valence-corrected chi connectivity index (χ2v) is 6.70. The van der Waals surface area contributed by atoms with Crippen molar-refractivity contribution >= 4 is 35.0 Å². The zero-order valence-electron chi connectivity index (χ0n) is 13.8. The summed E-state index contributed by atoms with van der Waals surface area (Å²) in [6.45, 7) is 1.79. The van der Waals surface area contributed by atoms with Crippen molar-refractivity contribution in [2.75, 3.05) is 6.26 Å². The average molecular weight is 358 g/mol. The zero-order valence-corrected chi connectivity index (χ0v) is 14.6. The van der Waals surface area contributed by atoms with Gasteiger partial charge in [-0.05, 0) is 76.9 Å². The summed E-state index contributed by atoms with van der Waals surface area (Å²) in [5, 5.41) is 9.15. The summed E-state index contributed by atoms with van der Waals surface area (Å²) in [4.78, 5) is 12.3. The third-order valence-corrected chi connectivity index (χ3v) is 5.03. The molecule has 0 amide bonds. The van der Waals surface area contributed by atoms with Crippen LogP contribution in [-0.4, -0.2) is 17.3 Å². The molecular weight excluding hydrogens is 342 g/mol. The number of aliphatic carboxylic acids is 1. The standard InChI is InChI=1S/C20H16F2O2S/c1-11-14(7-12-3-5-13(25-2)6-4-12)16-8-18(21)19(22)9-17(16)15(11)10-20(23)24/h3-9H,10H2,1-2H3,(H,23,24). The molecule has 128 valence electrons. The molecule has 0 heterocycles. The molecule has 0 radical (unpaired) electrons. The number of benzene rings is 2. The molecule has 1 aliphatic rings. The van der Waals surface area contributed by atoms with Crippen LogP contribution in [0, 0.1) is 11.6 Å². The van der Waals surface area contributed by atoms with E-state index in [1.165, 1.54) is 0 Å². The van der Waals surface area contributed by atoms with Crippen molar-refractivity contribution in [3.63, 3.8) is 0 Å². The van der Waals surface area contributed by atoms with E-state index in [4.69, 9.17) is 5.11 Å². The smallest absolute Gasteiger partial charge is 0.307 e. The van der Waals surface area contributed by atoms with Crippen LogP contribution in [0.2, 0.25) is 0 Å². The van der Waals surface area contributed by atoms with E-state index in [0.29, 0.717) is 16.7 Å². The van der Waals surface area contributed by atoms with Gasteiger partial charge in [0.25, 0.3) is 0 Å². The van der Waals surface area contributed by atoms with Crippen LogP contribution in [0.25, 0.3) is 17.2 Å². The fourth-order valence-corrected chi connectivity index (χ4v) is 3.43. The molecule has 0 bridgehead atoms. The van der Waals surface area contributed by atoms with Crippen molar-refractivity contribution in [3.05, 3.63) is 70.3 Å². The van der Waals surface area contributed by atoms with Crippen molar-refractivity contribution in [2.45, 2.75) is 18.2 Å². The van der Waals surface area contributed by atoms with Crippen LogP contribution < -0.4 is 0 Å². The molecule has 0 spiro atoms. The van der Waals surface area contributed by atoms with Crippen LogP contribution in [0.3, 0.4) is 0 Å². The Kier molecular flexibility index (Phi) is 4.77. The first-order chi connectivity index (χ1) is 11.9. The van der Waals surface area contributed by atoms with Crippen LogP contribution in [0.1, 0.15) is 30.0 Å². The molecular formula is C20H16F2O2S. The van der Waals surface area contributed by atoms with Gasteiger partial charge in [-0.1, -0.05) is 12.1 Å². The van der Waals surface area contributed by atoms with E-state index < -0.39 is 17.6 Å². The second-order valence-electron chi connectivity index (χ2n) is 5.82. The number of hydrogen-bond acceptors (Lipinski definition) is 2. The lowest BCUT2D eigenvalue weighted by Crippen LogP contribution is -1.98. The Morgan fingerprint density at radius 2 is 1.72 bits per heavy atom. The number of allylic oxidation sites excluding steroid dienone is 2. The van der Waals surface area contributed by atoms with Gasteiger partial charge >= 0.3 is 5.97 Å². The van der Waals surface area contributed by atoms with E-state index in [1.54, 1.807) is 18.7 Å². The van der Waals surface area contributed by atoms with Crippen LogP contribution >= 0.6 is 11.8 Å². The van der Waals surface area contributed by atoms with E-state index in [0.717, 1.165) is 33.7 Å². The minimum Gasteiger partial charge on any atom is -0.481 e. The van der Waals surface area contributed by atoms with Crippen molar-refractivity contribution in [1.82, 2.24) is 0 Å². The molecule has 0 atom stereocenters. The monoisotopic (exact) mass is 358 g/mol. The van der Waals surface area contributed by atoms with E-state index in [9.17, 15) is 13.6 Å². The van der Waals surface area contributed by atoms with Crippen LogP contribution in [0.4, 0.5) is 8.78 Å². The first-order valence-corrected chi connectivity index (χ1v) is 8.90. The van der Waals surface area contributed by atoms with E-state index in [1.807, 2.05) is 36.6 Å². The lowest BCUT2D eigenvalue weighted by Gasteiger charge is -2.06. The van der Waals surface area contributed by atoms with Gasteiger partial charge < -0.3 is 5.11 Å². The summed E-state index contributed by atoms with van der Waals surface area (Å²) in [7, 11) is 0. The number of hydrogen-bond donors (Lipinski definition) is 1. The van der Waals surface area contributed by atoms with Gasteiger partial charge in [-0.15, -0.1) is 11.8 Å². The maximum atomic E-state index is 13.8. The highest BCUT2D eigenvalue weighted by atomic mass is 32.2. The summed E-state index contributed by atoms with van der Waals surface area (Å²) in [6, 6.07) is 10.1. The summed E-state index contributed by atoms with van der Waals surface area (Å²) in [6.07, 6.45) is 3.64. The van der Waals surface area contributed by atoms with Crippen molar-refractivity contribution < 1.29 is 18.7 Å². The Balaban J connectivity index is 2.15. The Morgan fingerprint density at radius 1 is 1.12 bits per heavy atom. The molecule has 2 nitrogen and oxygen atoms in total. The average Bonchev–Trinajstić information content (AvgIpc) is 2.81. The number of rotatable bonds is 4. The Bertz CT molecular complexity index is 912. The van der Waals surface area contributed by atoms with Gasteiger partial charge in [-0.3, -0.25) is 4.79 Å². The number of thioether (sulfide) groups is 1. The number of carbonyl (C=O) groups is 1. The lowest BCUT2D eigenvalue weighted by molar-refractivity contribution is -0.135. The molecule has 5 heteroatoms. The molecule has 1 N–H and O–H groups in total. The van der Waals surface area contributed by atoms with Crippen molar-refractivity contribution in [2.24, 2.45) is 0 Å². The SMILES string of the molecule is CSc1ccc(C=C2C(C)=C(CC(=O)O)c3cc(F)c(F)cc32)cc1. The van der Waals surface area contributed by atoms with Gasteiger partial charge in [0.1, 0.15) is 0 Å². The first-order valence-electron chi connectivity index (χ1n) is 7.68. The second kappa shape index (κ2) is 6.84. The Labute approximate surface area is 148 Å².